The van der Waals surface area contributed by atoms with Crippen molar-refractivity contribution < 1.29 is 0 Å². The summed E-state index contributed by atoms with van der Waals surface area (Å²) in [6, 6.07) is 0.401. The van der Waals surface area contributed by atoms with Crippen LogP contribution in [0.5, 0.6) is 0 Å². The van der Waals surface area contributed by atoms with Crippen LogP contribution < -0.4 is 5.32 Å². The average Bonchev–Trinajstić information content (AvgIpc) is 2.88. The molecule has 0 fully saturated rings. The first-order valence-corrected chi connectivity index (χ1v) is 6.26. The van der Waals surface area contributed by atoms with Gasteiger partial charge < -0.3 is 9.88 Å². The second-order valence-corrected chi connectivity index (χ2v) is 4.81. The van der Waals surface area contributed by atoms with Crippen LogP contribution in [0.3, 0.4) is 0 Å². The second-order valence-electron chi connectivity index (χ2n) is 4.81. The van der Waals surface area contributed by atoms with Crippen molar-refractivity contribution in [3.8, 4) is 0 Å². The van der Waals surface area contributed by atoms with Gasteiger partial charge in [0, 0.05) is 49.8 Å². The van der Waals surface area contributed by atoms with Crippen LogP contribution in [0.2, 0.25) is 0 Å². The Morgan fingerprint density at radius 2 is 2.17 bits per heavy atom. The van der Waals surface area contributed by atoms with Gasteiger partial charge in [0.25, 0.3) is 0 Å². The van der Waals surface area contributed by atoms with Crippen molar-refractivity contribution in [3.05, 3.63) is 35.7 Å². The predicted molar refractivity (Wildman–Crippen MR) is 71.2 cm³/mol. The van der Waals surface area contributed by atoms with Crippen molar-refractivity contribution in [1.29, 1.82) is 0 Å². The Morgan fingerprint density at radius 3 is 2.72 bits per heavy atom. The predicted octanol–water partition coefficient (Wildman–Crippen LogP) is 1.41. The molecule has 0 aromatic carbocycles. The van der Waals surface area contributed by atoms with Crippen LogP contribution >= 0.6 is 0 Å². The van der Waals surface area contributed by atoms with E-state index in [1.54, 1.807) is 0 Å². The van der Waals surface area contributed by atoms with Gasteiger partial charge in [0.15, 0.2) is 0 Å². The van der Waals surface area contributed by atoms with E-state index in [0.29, 0.717) is 6.04 Å². The third kappa shape index (κ3) is 2.79. The lowest BCUT2D eigenvalue weighted by Gasteiger charge is -2.14. The minimum Gasteiger partial charge on any atom is -0.336 e. The lowest BCUT2D eigenvalue weighted by Crippen LogP contribution is -2.30. The zero-order valence-electron chi connectivity index (χ0n) is 11.5. The molecule has 5 nitrogen and oxygen atoms in total. The summed E-state index contributed by atoms with van der Waals surface area (Å²) in [7, 11) is 1.99. The molecule has 0 saturated heterocycles. The molecule has 1 atom stereocenters. The molecular formula is C13H21N5. The molecule has 2 heterocycles. The fourth-order valence-electron chi connectivity index (χ4n) is 2.13. The van der Waals surface area contributed by atoms with Gasteiger partial charge in [-0.05, 0) is 20.8 Å². The first kappa shape index (κ1) is 12.8. The van der Waals surface area contributed by atoms with Crippen molar-refractivity contribution in [1.82, 2.24) is 24.6 Å². The second kappa shape index (κ2) is 5.35. The van der Waals surface area contributed by atoms with Crippen LogP contribution in [0.1, 0.15) is 23.9 Å². The highest BCUT2D eigenvalue weighted by Crippen LogP contribution is 2.11. The van der Waals surface area contributed by atoms with Crippen LogP contribution in [-0.2, 0) is 20.1 Å². The summed E-state index contributed by atoms with van der Waals surface area (Å²) >= 11 is 0. The lowest BCUT2D eigenvalue weighted by molar-refractivity contribution is 0.475. The molecule has 98 valence electrons. The average molecular weight is 247 g/mol. The number of aromatic nitrogens is 4. The summed E-state index contributed by atoms with van der Waals surface area (Å²) in [5.74, 6) is 0. The number of hydrogen-bond donors (Lipinski definition) is 1. The van der Waals surface area contributed by atoms with Crippen molar-refractivity contribution in [2.75, 3.05) is 0 Å². The zero-order valence-corrected chi connectivity index (χ0v) is 11.5. The van der Waals surface area contributed by atoms with Crippen molar-refractivity contribution in [2.45, 2.75) is 39.9 Å². The van der Waals surface area contributed by atoms with Gasteiger partial charge in [-0.25, -0.2) is 4.98 Å². The number of aryl methyl sites for hydroxylation is 2. The maximum atomic E-state index is 4.43. The summed E-state index contributed by atoms with van der Waals surface area (Å²) in [5, 5.41) is 7.96. The van der Waals surface area contributed by atoms with Gasteiger partial charge in [-0.2, -0.15) is 5.10 Å². The normalized spacial score (nSPS) is 12.9. The summed E-state index contributed by atoms with van der Waals surface area (Å²) in [6.45, 7) is 8.14. The Morgan fingerprint density at radius 1 is 1.39 bits per heavy atom. The molecule has 0 amide bonds. The van der Waals surface area contributed by atoms with E-state index >= 15 is 0 Å². The molecule has 0 aliphatic carbocycles. The van der Waals surface area contributed by atoms with Gasteiger partial charge in [0.05, 0.1) is 12.0 Å². The van der Waals surface area contributed by atoms with Crippen LogP contribution in [0, 0.1) is 13.8 Å². The summed E-state index contributed by atoms with van der Waals surface area (Å²) in [5.41, 5.74) is 3.64. The molecule has 2 rings (SSSR count). The molecule has 0 radical (unpaired) electrons. The number of imidazole rings is 1. The number of hydrogen-bond acceptors (Lipinski definition) is 3. The van der Waals surface area contributed by atoms with Crippen LogP contribution in [0.4, 0.5) is 0 Å². The number of nitrogens with one attached hydrogen (secondary N) is 1. The topological polar surface area (TPSA) is 47.7 Å². The first-order chi connectivity index (χ1) is 8.58. The van der Waals surface area contributed by atoms with Crippen LogP contribution in [0.25, 0.3) is 0 Å². The maximum absolute atomic E-state index is 4.43. The third-order valence-electron chi connectivity index (χ3n) is 3.33. The molecule has 1 unspecified atom stereocenters. The van der Waals surface area contributed by atoms with Crippen molar-refractivity contribution in [2.24, 2.45) is 7.05 Å². The molecule has 1 N–H and O–H groups in total. The van der Waals surface area contributed by atoms with Crippen molar-refractivity contribution in [3.63, 3.8) is 0 Å². The largest absolute Gasteiger partial charge is 0.336 e. The van der Waals surface area contributed by atoms with Gasteiger partial charge in [-0.1, -0.05) is 0 Å². The fraction of sp³-hybridized carbons (Fsp3) is 0.538. The van der Waals surface area contributed by atoms with Crippen molar-refractivity contribution >= 4 is 0 Å². The lowest BCUT2D eigenvalue weighted by atomic mass is 10.2. The van der Waals surface area contributed by atoms with Gasteiger partial charge in [-0.3, -0.25) is 4.68 Å². The highest BCUT2D eigenvalue weighted by atomic mass is 15.3. The Balaban J connectivity index is 1.91. The minimum atomic E-state index is 0.401. The summed E-state index contributed by atoms with van der Waals surface area (Å²) in [4.78, 5) is 4.05. The molecule has 0 aliphatic heterocycles. The molecule has 18 heavy (non-hydrogen) atoms. The number of rotatable bonds is 5. The standard InChI is InChI=1S/C13H21N5/c1-10(8-18-6-5-14-9-18)15-7-13-11(2)16-17(4)12(13)3/h5-6,9-10,15H,7-8H2,1-4H3. The van der Waals surface area contributed by atoms with Crippen LogP contribution in [0.15, 0.2) is 18.7 Å². The molecule has 2 aromatic heterocycles. The Hall–Kier alpha value is -1.62. The van der Waals surface area contributed by atoms with Gasteiger partial charge in [0.1, 0.15) is 0 Å². The fourth-order valence-corrected chi connectivity index (χ4v) is 2.13. The zero-order chi connectivity index (χ0) is 13.1. The molecule has 5 heteroatoms. The van der Waals surface area contributed by atoms with E-state index in [0.717, 1.165) is 18.8 Å². The number of nitrogens with zero attached hydrogens (tertiary/aromatic N) is 4. The molecular weight excluding hydrogens is 226 g/mol. The Labute approximate surface area is 108 Å². The van der Waals surface area contributed by atoms with Gasteiger partial charge >= 0.3 is 0 Å². The summed E-state index contributed by atoms with van der Waals surface area (Å²) < 4.78 is 4.02. The SMILES string of the molecule is Cc1nn(C)c(C)c1CNC(C)Cn1ccnc1. The molecule has 0 aliphatic rings. The molecule has 0 bridgehead atoms. The quantitative estimate of drug-likeness (QED) is 0.869. The van der Waals surface area contributed by atoms with E-state index in [4.69, 9.17) is 0 Å². The van der Waals surface area contributed by atoms with E-state index in [2.05, 4.69) is 40.7 Å². The Bertz CT molecular complexity index is 498. The molecule has 0 spiro atoms. The van der Waals surface area contributed by atoms with E-state index < -0.39 is 0 Å². The van der Waals surface area contributed by atoms with Gasteiger partial charge in [0.2, 0.25) is 0 Å². The van der Waals surface area contributed by atoms with E-state index in [1.165, 1.54) is 11.3 Å². The van der Waals surface area contributed by atoms with E-state index in [9.17, 15) is 0 Å². The monoisotopic (exact) mass is 247 g/mol. The highest BCUT2D eigenvalue weighted by molar-refractivity contribution is 5.24. The first-order valence-electron chi connectivity index (χ1n) is 6.26. The summed E-state index contributed by atoms with van der Waals surface area (Å²) in [6.07, 6.45) is 5.64. The van der Waals surface area contributed by atoms with Crippen LogP contribution in [-0.4, -0.2) is 25.4 Å². The maximum Gasteiger partial charge on any atom is 0.0946 e. The van der Waals surface area contributed by atoms with E-state index in [-0.39, 0.29) is 0 Å². The third-order valence-corrected chi connectivity index (χ3v) is 3.33. The minimum absolute atomic E-state index is 0.401. The highest BCUT2D eigenvalue weighted by Gasteiger charge is 2.10. The Kier molecular flexibility index (Phi) is 3.81. The van der Waals surface area contributed by atoms with Gasteiger partial charge in [-0.15, -0.1) is 0 Å². The molecule has 2 aromatic rings. The smallest absolute Gasteiger partial charge is 0.0946 e. The molecule has 0 saturated carbocycles. The van der Waals surface area contributed by atoms with E-state index in [1.807, 2.05) is 30.5 Å².